The van der Waals surface area contributed by atoms with Crippen LogP contribution in [0.3, 0.4) is 0 Å². The van der Waals surface area contributed by atoms with E-state index in [1.54, 1.807) is 0 Å². The third-order valence-electron chi connectivity index (χ3n) is 3.51. The van der Waals surface area contributed by atoms with E-state index in [-0.39, 0.29) is 11.9 Å². The molecule has 1 fully saturated rings. The highest BCUT2D eigenvalue weighted by molar-refractivity contribution is 7.99. The van der Waals surface area contributed by atoms with Gasteiger partial charge in [0.15, 0.2) is 0 Å². The number of rotatable bonds is 6. The molecule has 0 aromatic heterocycles. The monoisotopic (exact) mass is 258 g/mol. The first-order valence-electron chi connectivity index (χ1n) is 6.76. The lowest BCUT2D eigenvalue weighted by atomic mass is 9.94. The van der Waals surface area contributed by atoms with E-state index < -0.39 is 0 Å². The maximum atomic E-state index is 11.9. The zero-order valence-electron chi connectivity index (χ0n) is 11.1. The van der Waals surface area contributed by atoms with E-state index in [1.165, 1.54) is 12.8 Å². The van der Waals surface area contributed by atoms with Crippen LogP contribution in [0.5, 0.6) is 0 Å². The number of hydrogen-bond donors (Lipinski definition) is 2. The van der Waals surface area contributed by atoms with E-state index in [0.717, 1.165) is 32.1 Å². The Kier molecular flexibility index (Phi) is 6.97. The molecule has 0 aliphatic heterocycles. The molecule has 0 radical (unpaired) electrons. The fourth-order valence-electron chi connectivity index (χ4n) is 2.35. The molecule has 3 unspecified atom stereocenters. The predicted molar refractivity (Wildman–Crippen MR) is 75.2 cm³/mol. The van der Waals surface area contributed by atoms with E-state index in [4.69, 9.17) is 5.73 Å². The Morgan fingerprint density at radius 1 is 1.53 bits per heavy atom. The van der Waals surface area contributed by atoms with Crippen molar-refractivity contribution in [3.8, 4) is 0 Å². The van der Waals surface area contributed by atoms with Crippen LogP contribution < -0.4 is 11.1 Å². The molecule has 1 saturated carbocycles. The molecule has 1 aliphatic rings. The van der Waals surface area contributed by atoms with E-state index in [1.807, 2.05) is 11.8 Å². The van der Waals surface area contributed by atoms with Gasteiger partial charge in [-0.15, -0.1) is 0 Å². The molecule has 0 saturated heterocycles. The quantitative estimate of drug-likeness (QED) is 0.768. The first-order chi connectivity index (χ1) is 8.17. The Balaban J connectivity index is 2.29. The Hall–Kier alpha value is -0.220. The minimum Gasteiger partial charge on any atom is -0.352 e. The van der Waals surface area contributed by atoms with E-state index in [2.05, 4.69) is 18.5 Å². The van der Waals surface area contributed by atoms with E-state index in [9.17, 15) is 4.79 Å². The molecular formula is C13H26N2OS. The number of nitrogens with one attached hydrogen (secondary N) is 1. The first-order valence-corrected chi connectivity index (χ1v) is 8.05. The summed E-state index contributed by atoms with van der Waals surface area (Å²) in [5.74, 6) is 0.0465. The van der Waals surface area contributed by atoms with Gasteiger partial charge in [0.1, 0.15) is 0 Å². The highest BCUT2D eigenvalue weighted by Crippen LogP contribution is 2.26. The van der Waals surface area contributed by atoms with Crippen LogP contribution in [0.15, 0.2) is 0 Å². The van der Waals surface area contributed by atoms with Crippen LogP contribution in [-0.2, 0) is 4.79 Å². The largest absolute Gasteiger partial charge is 0.352 e. The average molecular weight is 258 g/mol. The smallest absolute Gasteiger partial charge is 0.237 e. The summed E-state index contributed by atoms with van der Waals surface area (Å²) in [5.41, 5.74) is 5.87. The van der Waals surface area contributed by atoms with Gasteiger partial charge >= 0.3 is 0 Å². The fourth-order valence-corrected chi connectivity index (χ4v) is 3.18. The minimum atomic E-state index is -0.315. The van der Waals surface area contributed by atoms with Crippen molar-refractivity contribution in [2.45, 2.75) is 69.2 Å². The number of carbonyl (C=O) groups excluding carboxylic acids is 1. The Labute approximate surface area is 109 Å². The van der Waals surface area contributed by atoms with Gasteiger partial charge in [-0.05, 0) is 31.9 Å². The van der Waals surface area contributed by atoms with Crippen molar-refractivity contribution >= 4 is 17.7 Å². The molecule has 1 amide bonds. The Morgan fingerprint density at radius 3 is 2.94 bits per heavy atom. The van der Waals surface area contributed by atoms with Crippen molar-refractivity contribution < 1.29 is 4.79 Å². The first kappa shape index (κ1) is 14.8. The summed E-state index contributed by atoms with van der Waals surface area (Å²) >= 11 is 1.92. The van der Waals surface area contributed by atoms with Gasteiger partial charge in [0.05, 0.1) is 6.04 Å². The zero-order valence-corrected chi connectivity index (χ0v) is 11.9. The number of carbonyl (C=O) groups is 1. The standard InChI is InChI=1S/C13H26N2OS/c1-3-4-8-12(14)13(16)15-10-6-5-7-11(9-10)17-2/h10-12H,3-9,14H2,1-2H3,(H,15,16). The summed E-state index contributed by atoms with van der Waals surface area (Å²) in [7, 11) is 0. The lowest BCUT2D eigenvalue weighted by Crippen LogP contribution is -2.47. The summed E-state index contributed by atoms with van der Waals surface area (Å²) in [6.45, 7) is 2.12. The van der Waals surface area contributed by atoms with E-state index in [0.29, 0.717) is 11.3 Å². The van der Waals surface area contributed by atoms with Crippen LogP contribution in [0.4, 0.5) is 0 Å². The fraction of sp³-hybridized carbons (Fsp3) is 0.923. The van der Waals surface area contributed by atoms with Gasteiger partial charge in [0.2, 0.25) is 5.91 Å². The number of amides is 1. The summed E-state index contributed by atoms with van der Waals surface area (Å²) in [6, 6.07) is 0.0333. The molecule has 0 bridgehead atoms. The minimum absolute atomic E-state index is 0.0465. The number of thioether (sulfide) groups is 1. The number of nitrogens with two attached hydrogens (primary N) is 1. The van der Waals surface area contributed by atoms with Crippen LogP contribution in [0.1, 0.15) is 51.9 Å². The van der Waals surface area contributed by atoms with Crippen molar-refractivity contribution in [3.63, 3.8) is 0 Å². The average Bonchev–Trinajstić information content (AvgIpc) is 2.36. The van der Waals surface area contributed by atoms with Gasteiger partial charge in [-0.1, -0.05) is 26.2 Å². The molecule has 0 heterocycles. The van der Waals surface area contributed by atoms with Crippen LogP contribution in [0.25, 0.3) is 0 Å². The van der Waals surface area contributed by atoms with Crippen molar-refractivity contribution in [3.05, 3.63) is 0 Å². The lowest BCUT2D eigenvalue weighted by molar-refractivity contribution is -0.123. The second-order valence-electron chi connectivity index (χ2n) is 4.98. The molecule has 0 aromatic rings. The molecule has 3 nitrogen and oxygen atoms in total. The zero-order chi connectivity index (χ0) is 12.7. The number of hydrogen-bond acceptors (Lipinski definition) is 3. The molecule has 4 heteroatoms. The van der Waals surface area contributed by atoms with Gasteiger partial charge in [-0.25, -0.2) is 0 Å². The molecule has 3 atom stereocenters. The summed E-state index contributed by atoms with van der Waals surface area (Å²) in [6.07, 6.45) is 9.82. The SMILES string of the molecule is CCCCC(N)C(=O)NC1CCCC(SC)C1. The van der Waals surface area contributed by atoms with Gasteiger partial charge in [0, 0.05) is 11.3 Å². The molecule has 1 aliphatic carbocycles. The summed E-state index contributed by atoms with van der Waals surface area (Å²) < 4.78 is 0. The van der Waals surface area contributed by atoms with Crippen LogP contribution in [0, 0.1) is 0 Å². The van der Waals surface area contributed by atoms with Crippen LogP contribution in [0.2, 0.25) is 0 Å². The highest BCUT2D eigenvalue weighted by atomic mass is 32.2. The Bertz CT molecular complexity index is 235. The predicted octanol–water partition coefficient (Wildman–Crippen LogP) is 2.29. The van der Waals surface area contributed by atoms with Crippen LogP contribution in [-0.4, -0.2) is 29.5 Å². The molecule has 0 spiro atoms. The maximum absolute atomic E-state index is 11.9. The lowest BCUT2D eigenvalue weighted by Gasteiger charge is -2.29. The van der Waals surface area contributed by atoms with Crippen molar-refractivity contribution in [2.24, 2.45) is 5.73 Å². The van der Waals surface area contributed by atoms with Crippen molar-refractivity contribution in [1.29, 1.82) is 0 Å². The van der Waals surface area contributed by atoms with Crippen molar-refractivity contribution in [1.82, 2.24) is 5.32 Å². The highest BCUT2D eigenvalue weighted by Gasteiger charge is 2.24. The number of unbranched alkanes of at least 4 members (excludes halogenated alkanes) is 1. The van der Waals surface area contributed by atoms with Gasteiger partial charge in [0.25, 0.3) is 0 Å². The second-order valence-corrected chi connectivity index (χ2v) is 6.12. The second kappa shape index (κ2) is 7.98. The van der Waals surface area contributed by atoms with Crippen molar-refractivity contribution in [2.75, 3.05) is 6.26 Å². The maximum Gasteiger partial charge on any atom is 0.237 e. The molecule has 1 rings (SSSR count). The molecule has 17 heavy (non-hydrogen) atoms. The van der Waals surface area contributed by atoms with Gasteiger partial charge < -0.3 is 11.1 Å². The molecule has 100 valence electrons. The third kappa shape index (κ3) is 5.30. The summed E-state index contributed by atoms with van der Waals surface area (Å²) in [4.78, 5) is 11.9. The summed E-state index contributed by atoms with van der Waals surface area (Å²) in [5, 5.41) is 3.82. The van der Waals surface area contributed by atoms with E-state index >= 15 is 0 Å². The van der Waals surface area contributed by atoms with Gasteiger partial charge in [-0.3, -0.25) is 4.79 Å². The normalized spacial score (nSPS) is 26.5. The van der Waals surface area contributed by atoms with Crippen LogP contribution >= 0.6 is 11.8 Å². The molecule has 3 N–H and O–H groups in total. The molecule has 0 aromatic carbocycles. The van der Waals surface area contributed by atoms with Gasteiger partial charge in [-0.2, -0.15) is 11.8 Å². The Morgan fingerprint density at radius 2 is 2.29 bits per heavy atom. The third-order valence-corrected chi connectivity index (χ3v) is 4.61. The topological polar surface area (TPSA) is 55.1 Å². The molecular weight excluding hydrogens is 232 g/mol.